The van der Waals surface area contributed by atoms with E-state index in [0.717, 1.165) is 0 Å². The Labute approximate surface area is 91.4 Å². The monoisotopic (exact) mass is 227 g/mol. The Morgan fingerprint density at radius 1 is 1.53 bits per heavy atom. The summed E-state index contributed by atoms with van der Waals surface area (Å²) in [6, 6.07) is 0. The van der Waals surface area contributed by atoms with Gasteiger partial charge in [-0.2, -0.15) is 0 Å². The number of amides is 1. The summed E-state index contributed by atoms with van der Waals surface area (Å²) in [6.07, 6.45) is 2.03. The molecule has 5 nitrogen and oxygen atoms in total. The molecular formula is C9H11N2O3S-. The molecule has 0 bridgehead atoms. The minimum atomic E-state index is -1.13. The zero-order chi connectivity index (χ0) is 11.3. The average molecular weight is 227 g/mol. The lowest BCUT2D eigenvalue weighted by Crippen LogP contribution is -2.27. The van der Waals surface area contributed by atoms with Gasteiger partial charge in [-0.3, -0.25) is 9.69 Å². The number of aliphatic carboxylic acids is 1. The van der Waals surface area contributed by atoms with Crippen molar-refractivity contribution in [2.24, 2.45) is 0 Å². The van der Waals surface area contributed by atoms with Crippen molar-refractivity contribution in [2.75, 3.05) is 11.9 Å². The van der Waals surface area contributed by atoms with Gasteiger partial charge >= 0.3 is 0 Å². The third kappa shape index (κ3) is 3.67. The van der Waals surface area contributed by atoms with E-state index in [2.05, 4.69) is 4.98 Å². The van der Waals surface area contributed by atoms with Gasteiger partial charge in [-0.15, -0.1) is 11.3 Å². The van der Waals surface area contributed by atoms with Crippen molar-refractivity contribution in [3.8, 4) is 0 Å². The van der Waals surface area contributed by atoms with Gasteiger partial charge in [0.1, 0.15) is 0 Å². The topological polar surface area (TPSA) is 73.3 Å². The Kier molecular flexibility index (Phi) is 4.23. The molecule has 1 aromatic rings. The van der Waals surface area contributed by atoms with Crippen molar-refractivity contribution in [2.45, 2.75) is 19.3 Å². The first-order chi connectivity index (χ1) is 7.11. The van der Waals surface area contributed by atoms with E-state index in [9.17, 15) is 14.7 Å². The lowest BCUT2D eigenvalue weighted by atomic mass is 10.2. The largest absolute Gasteiger partial charge is 0.550 e. The minimum Gasteiger partial charge on any atom is -0.550 e. The molecule has 1 aromatic heterocycles. The zero-order valence-corrected chi connectivity index (χ0v) is 9.12. The van der Waals surface area contributed by atoms with E-state index >= 15 is 0 Å². The molecule has 1 amide bonds. The third-order valence-corrected chi connectivity index (χ3v) is 2.70. The Morgan fingerprint density at radius 2 is 2.27 bits per heavy atom. The van der Waals surface area contributed by atoms with E-state index in [-0.39, 0.29) is 18.7 Å². The maximum atomic E-state index is 11.5. The summed E-state index contributed by atoms with van der Waals surface area (Å²) in [5.74, 6) is -1.26. The first kappa shape index (κ1) is 11.6. The molecule has 0 saturated carbocycles. The minimum absolute atomic E-state index is 0.0859. The fourth-order valence-electron chi connectivity index (χ4n) is 1.04. The molecule has 1 heterocycles. The molecule has 0 saturated heterocycles. The van der Waals surface area contributed by atoms with Gasteiger partial charge in [0.05, 0.1) is 0 Å². The first-order valence-corrected chi connectivity index (χ1v) is 5.35. The van der Waals surface area contributed by atoms with Crippen LogP contribution in [0.3, 0.4) is 0 Å². The van der Waals surface area contributed by atoms with Gasteiger partial charge in [0.25, 0.3) is 0 Å². The maximum Gasteiger partial charge on any atom is 0.228 e. The number of thiazole rings is 1. The average Bonchev–Trinajstić information content (AvgIpc) is 2.68. The Balaban J connectivity index is 2.37. The van der Waals surface area contributed by atoms with Crippen LogP contribution >= 0.6 is 11.3 Å². The zero-order valence-electron chi connectivity index (χ0n) is 8.30. The summed E-state index contributed by atoms with van der Waals surface area (Å²) >= 11 is 1.36. The summed E-state index contributed by atoms with van der Waals surface area (Å²) in [7, 11) is 1.63. The molecule has 0 aliphatic carbocycles. The van der Waals surface area contributed by atoms with Gasteiger partial charge in [0.2, 0.25) is 5.91 Å². The second kappa shape index (κ2) is 5.45. The molecule has 0 unspecified atom stereocenters. The lowest BCUT2D eigenvalue weighted by Gasteiger charge is -2.13. The molecule has 1 rings (SSSR count). The molecule has 0 N–H and O–H groups in total. The Morgan fingerprint density at radius 3 is 2.80 bits per heavy atom. The Bertz CT molecular complexity index is 337. The number of rotatable bonds is 5. The fourth-order valence-corrected chi connectivity index (χ4v) is 1.66. The summed E-state index contributed by atoms with van der Waals surface area (Å²) in [5.41, 5.74) is 0. The summed E-state index contributed by atoms with van der Waals surface area (Å²) in [6.45, 7) is 0. The van der Waals surface area contributed by atoms with Crippen molar-refractivity contribution in [1.29, 1.82) is 0 Å². The van der Waals surface area contributed by atoms with Crippen LogP contribution in [0.2, 0.25) is 0 Å². The number of anilines is 1. The highest BCUT2D eigenvalue weighted by molar-refractivity contribution is 7.13. The fraction of sp³-hybridized carbons (Fsp3) is 0.444. The normalized spacial score (nSPS) is 9.93. The molecule has 0 radical (unpaired) electrons. The molecule has 0 aliphatic heterocycles. The summed E-state index contributed by atoms with van der Waals surface area (Å²) in [5, 5.41) is 12.5. The van der Waals surface area contributed by atoms with Crippen molar-refractivity contribution in [3.05, 3.63) is 11.6 Å². The molecule has 15 heavy (non-hydrogen) atoms. The van der Waals surface area contributed by atoms with Gasteiger partial charge in [0.15, 0.2) is 5.13 Å². The van der Waals surface area contributed by atoms with Crippen LogP contribution in [0.15, 0.2) is 11.6 Å². The van der Waals surface area contributed by atoms with E-state index < -0.39 is 5.97 Å². The van der Waals surface area contributed by atoms with E-state index in [1.165, 1.54) is 16.2 Å². The highest BCUT2D eigenvalue weighted by atomic mass is 32.1. The Hall–Kier alpha value is -1.43. The van der Waals surface area contributed by atoms with Crippen molar-refractivity contribution in [3.63, 3.8) is 0 Å². The highest BCUT2D eigenvalue weighted by Gasteiger charge is 2.11. The van der Waals surface area contributed by atoms with Gasteiger partial charge in [-0.1, -0.05) is 0 Å². The lowest BCUT2D eigenvalue weighted by molar-refractivity contribution is -0.305. The highest BCUT2D eigenvalue weighted by Crippen LogP contribution is 2.16. The van der Waals surface area contributed by atoms with Crippen LogP contribution in [0.1, 0.15) is 19.3 Å². The molecular weight excluding hydrogens is 216 g/mol. The number of nitrogens with zero attached hydrogens (tertiary/aromatic N) is 2. The van der Waals surface area contributed by atoms with E-state index in [0.29, 0.717) is 11.6 Å². The smallest absolute Gasteiger partial charge is 0.228 e. The van der Waals surface area contributed by atoms with Crippen LogP contribution in [-0.2, 0) is 9.59 Å². The van der Waals surface area contributed by atoms with Crippen LogP contribution < -0.4 is 10.0 Å². The number of carboxylic acid groups (broad SMARTS) is 1. The number of carbonyl (C=O) groups is 2. The number of hydrogen-bond donors (Lipinski definition) is 0. The molecule has 82 valence electrons. The second-order valence-electron chi connectivity index (χ2n) is 2.99. The third-order valence-electron chi connectivity index (χ3n) is 1.85. The number of carbonyl (C=O) groups excluding carboxylic acids is 2. The van der Waals surface area contributed by atoms with Gasteiger partial charge in [-0.05, 0) is 12.8 Å². The SMILES string of the molecule is CN(C(=O)CCCC(=O)[O-])c1nccs1. The van der Waals surface area contributed by atoms with E-state index in [4.69, 9.17) is 0 Å². The summed E-state index contributed by atoms with van der Waals surface area (Å²) < 4.78 is 0. The molecule has 6 heteroatoms. The molecule has 0 fully saturated rings. The van der Waals surface area contributed by atoms with Crippen LogP contribution in [0.25, 0.3) is 0 Å². The number of hydrogen-bond acceptors (Lipinski definition) is 5. The van der Waals surface area contributed by atoms with Crippen LogP contribution in [0.4, 0.5) is 5.13 Å². The maximum absolute atomic E-state index is 11.5. The molecule has 0 aliphatic rings. The predicted molar refractivity (Wildman–Crippen MR) is 54.4 cm³/mol. The quantitative estimate of drug-likeness (QED) is 0.711. The summed E-state index contributed by atoms with van der Waals surface area (Å²) in [4.78, 5) is 27.0. The van der Waals surface area contributed by atoms with Crippen LogP contribution in [-0.4, -0.2) is 23.9 Å². The van der Waals surface area contributed by atoms with Gasteiger partial charge < -0.3 is 9.90 Å². The second-order valence-corrected chi connectivity index (χ2v) is 3.87. The van der Waals surface area contributed by atoms with Gasteiger partial charge in [-0.25, -0.2) is 4.98 Å². The molecule has 0 atom stereocenters. The first-order valence-electron chi connectivity index (χ1n) is 4.47. The molecule has 0 aromatic carbocycles. The van der Waals surface area contributed by atoms with Crippen molar-refractivity contribution in [1.82, 2.24) is 4.98 Å². The van der Waals surface area contributed by atoms with Crippen molar-refractivity contribution >= 4 is 28.3 Å². The van der Waals surface area contributed by atoms with E-state index in [1.807, 2.05) is 0 Å². The van der Waals surface area contributed by atoms with Crippen molar-refractivity contribution < 1.29 is 14.7 Å². The van der Waals surface area contributed by atoms with Crippen LogP contribution in [0.5, 0.6) is 0 Å². The predicted octanol–water partition coefficient (Wildman–Crippen LogP) is 0.0261. The van der Waals surface area contributed by atoms with E-state index in [1.54, 1.807) is 18.6 Å². The molecule has 0 spiro atoms. The van der Waals surface area contributed by atoms with Crippen LogP contribution in [0, 0.1) is 0 Å². The standard InChI is InChI=1S/C9H12N2O3S/c1-11(9-10-5-6-15-9)7(12)3-2-4-8(13)14/h5-6H,2-4H2,1H3,(H,13,14)/p-1. The number of aromatic nitrogens is 1. The number of carboxylic acids is 1. The van der Waals surface area contributed by atoms with Gasteiger partial charge in [0, 0.05) is 31.0 Å².